The zero-order chi connectivity index (χ0) is 24.0. The molecule has 0 aliphatic carbocycles. The van der Waals surface area contributed by atoms with Gasteiger partial charge >= 0.3 is 0 Å². The fraction of sp³-hybridized carbons (Fsp3) is 0.107. The van der Waals surface area contributed by atoms with E-state index in [9.17, 15) is 9.18 Å². The lowest BCUT2D eigenvalue weighted by Gasteiger charge is -2.24. The zero-order valence-electron chi connectivity index (χ0n) is 18.9. The van der Waals surface area contributed by atoms with Gasteiger partial charge in [0.05, 0.1) is 18.3 Å². The van der Waals surface area contributed by atoms with Crippen molar-refractivity contribution in [1.82, 2.24) is 9.97 Å². The molecule has 2 heterocycles. The molecule has 5 rings (SSSR count). The van der Waals surface area contributed by atoms with Crippen molar-refractivity contribution >= 4 is 28.3 Å². The summed E-state index contributed by atoms with van der Waals surface area (Å²) < 4.78 is 18.8. The van der Waals surface area contributed by atoms with Crippen LogP contribution in [0.2, 0.25) is 0 Å². The Kier molecular flexibility index (Phi) is 6.48. The Hall–Kier alpha value is -4.52. The second kappa shape index (κ2) is 10.2. The molecule has 35 heavy (non-hydrogen) atoms. The van der Waals surface area contributed by atoms with Crippen LogP contribution in [0.15, 0.2) is 102 Å². The van der Waals surface area contributed by atoms with Crippen molar-refractivity contribution in [1.29, 1.82) is 0 Å². The number of nitrogens with zero attached hydrogens (tertiary/aromatic N) is 3. The van der Waals surface area contributed by atoms with Gasteiger partial charge in [-0.15, -0.1) is 0 Å². The lowest BCUT2D eigenvalue weighted by Crippen LogP contribution is -2.28. The van der Waals surface area contributed by atoms with Gasteiger partial charge in [-0.1, -0.05) is 42.5 Å². The number of fused-ring (bicyclic) bond motifs is 1. The van der Waals surface area contributed by atoms with E-state index >= 15 is 0 Å². The van der Waals surface area contributed by atoms with E-state index in [4.69, 9.17) is 14.4 Å². The molecule has 3 aromatic carbocycles. The number of amides is 1. The van der Waals surface area contributed by atoms with Crippen LogP contribution in [0.25, 0.3) is 22.3 Å². The lowest BCUT2D eigenvalue weighted by molar-refractivity contribution is -0.116. The number of para-hydroxylation sites is 1. The molecule has 7 heteroatoms. The van der Waals surface area contributed by atoms with Crippen molar-refractivity contribution in [3.63, 3.8) is 0 Å². The van der Waals surface area contributed by atoms with Crippen LogP contribution >= 0.6 is 0 Å². The number of benzene rings is 3. The summed E-state index contributed by atoms with van der Waals surface area (Å²) in [5.41, 5.74) is 2.27. The molecular formula is C28H23FN4O2. The number of aromatic nitrogens is 2. The molecule has 6 nitrogen and oxygen atoms in total. The van der Waals surface area contributed by atoms with Crippen molar-refractivity contribution in [2.45, 2.75) is 13.0 Å². The van der Waals surface area contributed by atoms with Crippen LogP contribution in [-0.2, 0) is 11.3 Å². The number of carbonyl (C=O) groups excluding carboxylic acids is 1. The van der Waals surface area contributed by atoms with Crippen molar-refractivity contribution in [3.05, 3.63) is 109 Å². The Balaban J connectivity index is 1.47. The maximum Gasteiger partial charge on any atom is 0.226 e. The second-order valence-electron chi connectivity index (χ2n) is 8.06. The number of nitrogens with one attached hydrogen (secondary N) is 1. The lowest BCUT2D eigenvalue weighted by atomic mass is 10.1. The van der Waals surface area contributed by atoms with Crippen LogP contribution in [0, 0.1) is 5.82 Å². The molecule has 2 aromatic heterocycles. The van der Waals surface area contributed by atoms with Crippen LogP contribution < -0.4 is 10.2 Å². The van der Waals surface area contributed by atoms with E-state index in [2.05, 4.69) is 5.32 Å². The van der Waals surface area contributed by atoms with E-state index in [-0.39, 0.29) is 18.1 Å². The molecule has 0 bridgehead atoms. The van der Waals surface area contributed by atoms with Gasteiger partial charge in [-0.2, -0.15) is 0 Å². The smallest absolute Gasteiger partial charge is 0.226 e. The number of rotatable bonds is 8. The first-order valence-electron chi connectivity index (χ1n) is 11.3. The molecule has 0 saturated carbocycles. The Morgan fingerprint density at radius 1 is 0.886 bits per heavy atom. The average molecular weight is 467 g/mol. The maximum absolute atomic E-state index is 13.2. The van der Waals surface area contributed by atoms with Crippen LogP contribution in [0.3, 0.4) is 0 Å². The monoisotopic (exact) mass is 466 g/mol. The fourth-order valence-corrected chi connectivity index (χ4v) is 3.86. The number of hydrogen-bond donors (Lipinski definition) is 1. The summed E-state index contributed by atoms with van der Waals surface area (Å²) in [4.78, 5) is 24.4. The molecule has 5 aromatic rings. The molecule has 0 unspecified atom stereocenters. The third kappa shape index (κ3) is 5.35. The molecule has 1 N–H and O–H groups in total. The average Bonchev–Trinajstić information content (AvgIpc) is 3.41. The molecule has 0 saturated heterocycles. The summed E-state index contributed by atoms with van der Waals surface area (Å²) in [6.07, 6.45) is 1.83. The van der Waals surface area contributed by atoms with Crippen molar-refractivity contribution in [2.75, 3.05) is 16.8 Å². The van der Waals surface area contributed by atoms with Gasteiger partial charge in [-0.25, -0.2) is 14.4 Å². The highest BCUT2D eigenvalue weighted by molar-refractivity contribution is 5.93. The number of halogens is 1. The summed E-state index contributed by atoms with van der Waals surface area (Å²) in [5, 5.41) is 3.71. The van der Waals surface area contributed by atoms with E-state index in [1.54, 1.807) is 6.26 Å². The maximum atomic E-state index is 13.2. The molecule has 0 radical (unpaired) electrons. The normalized spacial score (nSPS) is 10.9. The summed E-state index contributed by atoms with van der Waals surface area (Å²) in [6.45, 7) is 0.828. The van der Waals surface area contributed by atoms with Crippen molar-refractivity contribution in [3.8, 4) is 11.4 Å². The molecular weight excluding hydrogens is 443 g/mol. The second-order valence-corrected chi connectivity index (χ2v) is 8.06. The first-order chi connectivity index (χ1) is 17.2. The summed E-state index contributed by atoms with van der Waals surface area (Å²) in [5.74, 6) is 1.56. The zero-order valence-corrected chi connectivity index (χ0v) is 18.9. The van der Waals surface area contributed by atoms with Gasteiger partial charge in [0.15, 0.2) is 5.82 Å². The Morgan fingerprint density at radius 3 is 2.43 bits per heavy atom. The standard InChI is InChI=1S/C28H23FN4O2/c29-21-12-14-22(15-13-21)30-26(34)16-17-33(19-23-9-6-18-35-23)28-24-10-4-5-11-25(24)31-27(32-28)20-7-2-1-3-8-20/h1-15,18H,16-17,19H2,(H,30,34). The van der Waals surface area contributed by atoms with Gasteiger partial charge in [0.1, 0.15) is 17.4 Å². The van der Waals surface area contributed by atoms with Crippen LogP contribution in [-0.4, -0.2) is 22.4 Å². The highest BCUT2D eigenvalue weighted by atomic mass is 19.1. The topological polar surface area (TPSA) is 71.3 Å². The number of furan rings is 1. The molecule has 0 atom stereocenters. The minimum atomic E-state index is -0.350. The largest absolute Gasteiger partial charge is 0.467 e. The van der Waals surface area contributed by atoms with E-state index < -0.39 is 0 Å². The first-order valence-corrected chi connectivity index (χ1v) is 11.3. The summed E-state index contributed by atoms with van der Waals surface area (Å²) >= 11 is 0. The Bertz CT molecular complexity index is 1420. The predicted octanol–water partition coefficient (Wildman–Crippen LogP) is 6.06. The molecule has 0 aliphatic rings. The Morgan fingerprint density at radius 2 is 1.66 bits per heavy atom. The third-order valence-electron chi connectivity index (χ3n) is 5.58. The fourth-order valence-electron chi connectivity index (χ4n) is 3.86. The number of anilines is 2. The van der Waals surface area contributed by atoms with E-state index in [0.717, 1.165) is 28.0 Å². The van der Waals surface area contributed by atoms with Gasteiger partial charge in [-0.3, -0.25) is 4.79 Å². The van der Waals surface area contributed by atoms with Crippen LogP contribution in [0.4, 0.5) is 15.9 Å². The molecule has 0 spiro atoms. The minimum Gasteiger partial charge on any atom is -0.467 e. The third-order valence-corrected chi connectivity index (χ3v) is 5.58. The highest BCUT2D eigenvalue weighted by Crippen LogP contribution is 2.29. The molecule has 0 aliphatic heterocycles. The van der Waals surface area contributed by atoms with Crippen LogP contribution in [0.1, 0.15) is 12.2 Å². The Labute approximate surface area is 202 Å². The number of hydrogen-bond acceptors (Lipinski definition) is 5. The molecule has 0 fully saturated rings. The SMILES string of the molecule is O=C(CCN(Cc1ccco1)c1nc(-c2ccccc2)nc2ccccc12)Nc1ccc(F)cc1. The number of carbonyl (C=O) groups is 1. The van der Waals surface area contributed by atoms with E-state index in [1.807, 2.05) is 71.6 Å². The van der Waals surface area contributed by atoms with Gasteiger partial charge in [0.25, 0.3) is 0 Å². The van der Waals surface area contributed by atoms with Crippen molar-refractivity contribution < 1.29 is 13.6 Å². The van der Waals surface area contributed by atoms with Gasteiger partial charge in [0.2, 0.25) is 5.91 Å². The summed E-state index contributed by atoms with van der Waals surface area (Å²) in [7, 11) is 0. The van der Waals surface area contributed by atoms with Gasteiger partial charge in [-0.05, 0) is 48.5 Å². The predicted molar refractivity (Wildman–Crippen MR) is 134 cm³/mol. The van der Waals surface area contributed by atoms with Gasteiger partial charge in [0, 0.05) is 29.6 Å². The van der Waals surface area contributed by atoms with E-state index in [0.29, 0.717) is 24.6 Å². The molecule has 174 valence electrons. The highest BCUT2D eigenvalue weighted by Gasteiger charge is 2.18. The van der Waals surface area contributed by atoms with Gasteiger partial charge < -0.3 is 14.6 Å². The first kappa shape index (κ1) is 22.3. The summed E-state index contributed by atoms with van der Waals surface area (Å²) in [6, 6.07) is 27.1. The molecule has 1 amide bonds. The minimum absolute atomic E-state index is 0.178. The quantitative estimate of drug-likeness (QED) is 0.301. The van der Waals surface area contributed by atoms with Crippen LogP contribution in [0.5, 0.6) is 0 Å². The van der Waals surface area contributed by atoms with Crippen molar-refractivity contribution in [2.24, 2.45) is 0 Å². The van der Waals surface area contributed by atoms with E-state index in [1.165, 1.54) is 24.3 Å².